The number of anilines is 1. The monoisotopic (exact) mass is 246 g/mol. The number of H-pyrrole nitrogens is 1. The van der Waals surface area contributed by atoms with E-state index in [0.717, 1.165) is 4.31 Å². The Hall–Kier alpha value is -1.41. The number of aromatic amines is 1. The molecule has 0 atom stereocenters. The van der Waals surface area contributed by atoms with Crippen molar-refractivity contribution in [2.24, 2.45) is 0 Å². The van der Waals surface area contributed by atoms with Gasteiger partial charge in [0.15, 0.2) is 5.82 Å². The lowest BCUT2D eigenvalue weighted by Crippen LogP contribution is -2.29. The zero-order chi connectivity index (χ0) is 12.2. The van der Waals surface area contributed by atoms with Crippen molar-refractivity contribution in [2.75, 3.05) is 31.7 Å². The van der Waals surface area contributed by atoms with Crippen LogP contribution in [0.1, 0.15) is 0 Å². The molecule has 0 radical (unpaired) electrons. The minimum atomic E-state index is -3.25. The molecule has 1 heterocycles. The van der Waals surface area contributed by atoms with Crippen LogP contribution in [-0.4, -0.2) is 49.1 Å². The summed E-state index contributed by atoms with van der Waals surface area (Å²) in [4.78, 5) is 17.4. The molecule has 0 aliphatic carbocycles. The molecule has 16 heavy (non-hydrogen) atoms. The first kappa shape index (κ1) is 12.7. The maximum absolute atomic E-state index is 11.4. The van der Waals surface area contributed by atoms with E-state index in [-0.39, 0.29) is 23.7 Å². The first-order valence-corrected chi connectivity index (χ1v) is 6.22. The minimum Gasteiger partial charge on any atom is -0.364 e. The van der Waals surface area contributed by atoms with Crippen LogP contribution < -0.4 is 10.9 Å². The van der Waals surface area contributed by atoms with Gasteiger partial charge in [0.25, 0.3) is 5.56 Å². The van der Waals surface area contributed by atoms with Gasteiger partial charge in [-0.05, 0) is 0 Å². The molecule has 0 bridgehead atoms. The summed E-state index contributed by atoms with van der Waals surface area (Å²) in [6, 6.07) is 0. The quantitative estimate of drug-likeness (QED) is 0.700. The van der Waals surface area contributed by atoms with Crippen LogP contribution in [0.5, 0.6) is 0 Å². The van der Waals surface area contributed by atoms with Crippen LogP contribution >= 0.6 is 0 Å². The Morgan fingerprint density at radius 2 is 2.19 bits per heavy atom. The molecule has 0 saturated carbocycles. The Labute approximate surface area is 93.6 Å². The first-order valence-electron chi connectivity index (χ1n) is 4.61. The molecule has 7 nitrogen and oxygen atoms in total. The van der Waals surface area contributed by atoms with Gasteiger partial charge in [0.05, 0.1) is 5.75 Å². The highest BCUT2D eigenvalue weighted by atomic mass is 32.2. The van der Waals surface area contributed by atoms with Crippen LogP contribution in [0.25, 0.3) is 0 Å². The number of aromatic nitrogens is 2. The average Bonchev–Trinajstić information content (AvgIpc) is 2.20. The summed E-state index contributed by atoms with van der Waals surface area (Å²) in [5.41, 5.74) is -0.371. The van der Waals surface area contributed by atoms with Crippen LogP contribution in [-0.2, 0) is 10.0 Å². The molecule has 0 aliphatic heterocycles. The Morgan fingerprint density at radius 3 is 2.75 bits per heavy atom. The Balaban J connectivity index is 2.55. The second-order valence-electron chi connectivity index (χ2n) is 3.29. The van der Waals surface area contributed by atoms with E-state index in [9.17, 15) is 13.2 Å². The van der Waals surface area contributed by atoms with Crippen molar-refractivity contribution in [1.82, 2.24) is 14.3 Å². The molecule has 90 valence electrons. The summed E-state index contributed by atoms with van der Waals surface area (Å²) in [7, 11) is -0.328. The molecule has 2 N–H and O–H groups in total. The smallest absolute Gasteiger partial charge is 0.290 e. The maximum atomic E-state index is 11.4. The number of nitrogens with zero attached hydrogens (tertiary/aromatic N) is 2. The Bertz CT molecular complexity index is 494. The number of hydrogen-bond donors (Lipinski definition) is 2. The van der Waals surface area contributed by atoms with Crippen LogP contribution in [0.3, 0.4) is 0 Å². The maximum Gasteiger partial charge on any atom is 0.290 e. The zero-order valence-electron chi connectivity index (χ0n) is 9.10. The summed E-state index contributed by atoms with van der Waals surface area (Å²) in [6.07, 6.45) is 2.83. The third-order valence-corrected chi connectivity index (χ3v) is 3.75. The van der Waals surface area contributed by atoms with Gasteiger partial charge in [0.2, 0.25) is 10.0 Å². The average molecular weight is 246 g/mol. The third-order valence-electron chi connectivity index (χ3n) is 1.92. The van der Waals surface area contributed by atoms with Crippen molar-refractivity contribution in [3.8, 4) is 0 Å². The van der Waals surface area contributed by atoms with Gasteiger partial charge in [-0.15, -0.1) is 0 Å². The number of rotatable bonds is 5. The standard InChI is InChI=1S/C8H14N4O3S/c1-12(2)16(14,15)6-5-10-7-8(13)11-4-3-9-7/h3-4H,5-6H2,1-2H3,(H,9,10)(H,11,13). The molecule has 0 aromatic carbocycles. The Kier molecular flexibility index (Phi) is 4.02. The highest BCUT2D eigenvalue weighted by Crippen LogP contribution is 1.95. The molecule has 0 unspecified atom stereocenters. The zero-order valence-corrected chi connectivity index (χ0v) is 9.91. The fourth-order valence-corrected chi connectivity index (χ4v) is 1.68. The van der Waals surface area contributed by atoms with Crippen LogP contribution in [0.2, 0.25) is 0 Å². The van der Waals surface area contributed by atoms with Crippen molar-refractivity contribution in [1.29, 1.82) is 0 Å². The van der Waals surface area contributed by atoms with Gasteiger partial charge in [-0.3, -0.25) is 4.79 Å². The predicted octanol–water partition coefficient (Wildman–Crippen LogP) is -0.927. The van der Waals surface area contributed by atoms with Crippen LogP contribution in [0.15, 0.2) is 17.2 Å². The van der Waals surface area contributed by atoms with Crippen LogP contribution in [0, 0.1) is 0 Å². The van der Waals surface area contributed by atoms with Gasteiger partial charge in [-0.1, -0.05) is 0 Å². The molecule has 8 heteroatoms. The summed E-state index contributed by atoms with van der Waals surface area (Å²) >= 11 is 0. The van der Waals surface area contributed by atoms with Crippen LogP contribution in [0.4, 0.5) is 5.82 Å². The second kappa shape index (κ2) is 5.08. The molecular formula is C8H14N4O3S. The van der Waals surface area contributed by atoms with Gasteiger partial charge < -0.3 is 10.3 Å². The van der Waals surface area contributed by atoms with E-state index in [1.807, 2.05) is 0 Å². The largest absolute Gasteiger partial charge is 0.364 e. The van der Waals surface area contributed by atoms with Gasteiger partial charge >= 0.3 is 0 Å². The number of hydrogen-bond acceptors (Lipinski definition) is 5. The van der Waals surface area contributed by atoms with E-state index in [1.165, 1.54) is 26.5 Å². The highest BCUT2D eigenvalue weighted by molar-refractivity contribution is 7.89. The molecule has 0 fully saturated rings. The van der Waals surface area contributed by atoms with Gasteiger partial charge in [0.1, 0.15) is 0 Å². The summed E-state index contributed by atoms with van der Waals surface area (Å²) < 4.78 is 23.9. The molecule has 0 amide bonds. The predicted molar refractivity (Wildman–Crippen MR) is 60.8 cm³/mol. The summed E-state index contributed by atoms with van der Waals surface area (Å²) in [5, 5.41) is 2.66. The normalized spacial score (nSPS) is 11.7. The lowest BCUT2D eigenvalue weighted by molar-refractivity contribution is 0.521. The van der Waals surface area contributed by atoms with E-state index < -0.39 is 10.0 Å². The van der Waals surface area contributed by atoms with Gasteiger partial charge in [0, 0.05) is 33.0 Å². The van der Waals surface area contributed by atoms with E-state index >= 15 is 0 Å². The highest BCUT2D eigenvalue weighted by Gasteiger charge is 2.12. The molecule has 0 aliphatic rings. The molecule has 1 rings (SSSR count). The lowest BCUT2D eigenvalue weighted by atomic mass is 10.6. The van der Waals surface area contributed by atoms with Crippen molar-refractivity contribution in [2.45, 2.75) is 0 Å². The molecule has 1 aromatic heterocycles. The fraction of sp³-hybridized carbons (Fsp3) is 0.500. The molecule has 0 saturated heterocycles. The summed E-state index contributed by atoms with van der Waals surface area (Å²) in [5.74, 6) is 0.0344. The van der Waals surface area contributed by atoms with Crippen molar-refractivity contribution < 1.29 is 8.42 Å². The molecular weight excluding hydrogens is 232 g/mol. The number of nitrogens with one attached hydrogen (secondary N) is 2. The second-order valence-corrected chi connectivity index (χ2v) is 5.59. The van der Waals surface area contributed by atoms with Crippen molar-refractivity contribution in [3.05, 3.63) is 22.7 Å². The SMILES string of the molecule is CN(C)S(=O)(=O)CCNc1ncc[nH]c1=O. The number of sulfonamides is 1. The fourth-order valence-electron chi connectivity index (χ4n) is 0.959. The van der Waals surface area contributed by atoms with Crippen molar-refractivity contribution in [3.63, 3.8) is 0 Å². The molecule has 1 aromatic rings. The van der Waals surface area contributed by atoms with Gasteiger partial charge in [-0.25, -0.2) is 17.7 Å². The minimum absolute atomic E-state index is 0.0873. The third kappa shape index (κ3) is 3.31. The van der Waals surface area contributed by atoms with E-state index in [2.05, 4.69) is 15.3 Å². The van der Waals surface area contributed by atoms with E-state index in [4.69, 9.17) is 0 Å². The molecule has 0 spiro atoms. The lowest BCUT2D eigenvalue weighted by Gasteiger charge is -2.11. The first-order chi connectivity index (χ1) is 7.43. The topological polar surface area (TPSA) is 95.2 Å². The van der Waals surface area contributed by atoms with E-state index in [0.29, 0.717) is 0 Å². The van der Waals surface area contributed by atoms with Crippen molar-refractivity contribution >= 4 is 15.8 Å². The van der Waals surface area contributed by atoms with E-state index in [1.54, 1.807) is 0 Å². The summed E-state index contributed by atoms with van der Waals surface area (Å²) in [6.45, 7) is 0.139. The van der Waals surface area contributed by atoms with Gasteiger partial charge in [-0.2, -0.15) is 0 Å². The Morgan fingerprint density at radius 1 is 1.50 bits per heavy atom.